The lowest BCUT2D eigenvalue weighted by molar-refractivity contribution is -0.384. The number of ketones is 1. The predicted molar refractivity (Wildman–Crippen MR) is 59.7 cm³/mol. The van der Waals surface area contributed by atoms with Crippen molar-refractivity contribution in [2.24, 2.45) is 0 Å². The van der Waals surface area contributed by atoms with Crippen LogP contribution in [0.25, 0.3) is 0 Å². The fraction of sp³-hybridized carbons (Fsp3) is 0.364. The Kier molecular flexibility index (Phi) is 2.92. The topological polar surface area (TPSA) is 60.2 Å². The normalized spacial score (nSPS) is 20.1. The second-order valence-electron chi connectivity index (χ2n) is 3.94. The molecule has 4 nitrogen and oxygen atoms in total. The number of hydrogen-bond donors (Lipinski definition) is 0. The van der Waals surface area contributed by atoms with Crippen LogP contribution in [0.15, 0.2) is 18.2 Å². The van der Waals surface area contributed by atoms with Crippen LogP contribution < -0.4 is 0 Å². The van der Waals surface area contributed by atoms with Gasteiger partial charge in [-0.25, -0.2) is 0 Å². The summed E-state index contributed by atoms with van der Waals surface area (Å²) in [6, 6.07) is 4.44. The van der Waals surface area contributed by atoms with Gasteiger partial charge in [0.2, 0.25) is 0 Å². The number of nitro groups is 1. The molecule has 0 aliphatic heterocycles. The van der Waals surface area contributed by atoms with Gasteiger partial charge in [-0.3, -0.25) is 14.9 Å². The van der Waals surface area contributed by atoms with Gasteiger partial charge in [-0.05, 0) is 17.9 Å². The highest BCUT2D eigenvalue weighted by molar-refractivity contribution is 6.31. The number of halogens is 1. The van der Waals surface area contributed by atoms with Crippen LogP contribution in [0.3, 0.4) is 0 Å². The summed E-state index contributed by atoms with van der Waals surface area (Å²) in [6.45, 7) is 0. The molecule has 2 rings (SSSR count). The lowest BCUT2D eigenvalue weighted by atomic mass is 9.97. The largest absolute Gasteiger partial charge is 0.300 e. The molecule has 0 heterocycles. The SMILES string of the molecule is O=C1CC[C@H](c2ccc([N+](=O)[O-])cc2Cl)C1. The van der Waals surface area contributed by atoms with E-state index in [1.807, 2.05) is 0 Å². The molecule has 1 saturated carbocycles. The zero-order valence-corrected chi connectivity index (χ0v) is 9.24. The monoisotopic (exact) mass is 239 g/mol. The van der Waals surface area contributed by atoms with Crippen molar-refractivity contribution in [3.63, 3.8) is 0 Å². The number of benzene rings is 1. The maximum absolute atomic E-state index is 11.2. The fourth-order valence-corrected chi connectivity index (χ4v) is 2.37. The van der Waals surface area contributed by atoms with Gasteiger partial charge in [-0.15, -0.1) is 0 Å². The van der Waals surface area contributed by atoms with Crippen molar-refractivity contribution >= 4 is 23.1 Å². The van der Waals surface area contributed by atoms with Crippen LogP contribution in [-0.2, 0) is 4.79 Å². The number of hydrogen-bond acceptors (Lipinski definition) is 3. The van der Waals surface area contributed by atoms with E-state index in [1.165, 1.54) is 12.1 Å². The molecule has 84 valence electrons. The second kappa shape index (κ2) is 4.22. The highest BCUT2D eigenvalue weighted by Crippen LogP contribution is 2.37. The molecule has 0 saturated heterocycles. The second-order valence-corrected chi connectivity index (χ2v) is 4.35. The summed E-state index contributed by atoms with van der Waals surface area (Å²) in [7, 11) is 0. The molecular weight excluding hydrogens is 230 g/mol. The molecule has 0 bridgehead atoms. The summed E-state index contributed by atoms with van der Waals surface area (Å²) in [5, 5.41) is 10.9. The first-order chi connectivity index (χ1) is 7.58. The van der Waals surface area contributed by atoms with E-state index in [-0.39, 0.29) is 17.4 Å². The maximum Gasteiger partial charge on any atom is 0.270 e. The van der Waals surface area contributed by atoms with Gasteiger partial charge < -0.3 is 0 Å². The van der Waals surface area contributed by atoms with Gasteiger partial charge in [-0.2, -0.15) is 0 Å². The van der Waals surface area contributed by atoms with Crippen molar-refractivity contribution in [1.82, 2.24) is 0 Å². The first-order valence-electron chi connectivity index (χ1n) is 5.03. The number of nitro benzene ring substituents is 1. The third-order valence-corrected chi connectivity index (χ3v) is 3.21. The van der Waals surface area contributed by atoms with Crippen LogP contribution in [-0.4, -0.2) is 10.7 Å². The van der Waals surface area contributed by atoms with E-state index < -0.39 is 4.92 Å². The third-order valence-electron chi connectivity index (χ3n) is 2.88. The number of carbonyl (C=O) groups excluding carboxylic acids is 1. The van der Waals surface area contributed by atoms with Crippen LogP contribution in [0, 0.1) is 10.1 Å². The standard InChI is InChI=1S/C11H10ClNO3/c12-11-6-8(13(15)16)2-4-10(11)7-1-3-9(14)5-7/h2,4,6-7H,1,3,5H2/t7-/m0/s1. The molecule has 1 aromatic rings. The average molecular weight is 240 g/mol. The summed E-state index contributed by atoms with van der Waals surface area (Å²) in [5.74, 6) is 0.361. The summed E-state index contributed by atoms with van der Waals surface area (Å²) in [4.78, 5) is 21.2. The lowest BCUT2D eigenvalue weighted by Crippen LogP contribution is -1.96. The Balaban J connectivity index is 2.29. The average Bonchev–Trinajstić information content (AvgIpc) is 2.64. The molecule has 0 spiro atoms. The number of Topliss-reactive ketones (excluding diaryl/α,β-unsaturated/α-hetero) is 1. The van der Waals surface area contributed by atoms with Gasteiger partial charge in [0.15, 0.2) is 0 Å². The molecule has 0 aromatic heterocycles. The zero-order chi connectivity index (χ0) is 11.7. The first kappa shape index (κ1) is 11.1. The van der Waals surface area contributed by atoms with Gasteiger partial charge in [-0.1, -0.05) is 17.7 Å². The molecule has 0 radical (unpaired) electrons. The number of non-ortho nitro benzene ring substituents is 1. The molecule has 5 heteroatoms. The molecule has 1 aliphatic carbocycles. The summed E-state index contributed by atoms with van der Waals surface area (Å²) in [5.41, 5.74) is 0.830. The van der Waals surface area contributed by atoms with Gasteiger partial charge in [0.05, 0.1) is 9.95 Å². The van der Waals surface area contributed by atoms with Crippen LogP contribution in [0.5, 0.6) is 0 Å². The Morgan fingerprint density at radius 1 is 1.44 bits per heavy atom. The molecule has 1 aliphatic rings. The number of nitrogens with zero attached hydrogens (tertiary/aromatic N) is 1. The predicted octanol–water partition coefficient (Wildman–Crippen LogP) is 3.08. The van der Waals surface area contributed by atoms with E-state index >= 15 is 0 Å². The molecule has 16 heavy (non-hydrogen) atoms. The Morgan fingerprint density at radius 2 is 2.19 bits per heavy atom. The smallest absolute Gasteiger partial charge is 0.270 e. The van der Waals surface area contributed by atoms with E-state index in [0.29, 0.717) is 17.9 Å². The van der Waals surface area contributed by atoms with Crippen LogP contribution in [0.2, 0.25) is 5.02 Å². The van der Waals surface area contributed by atoms with Crippen molar-refractivity contribution in [3.8, 4) is 0 Å². The minimum atomic E-state index is -0.477. The highest BCUT2D eigenvalue weighted by Gasteiger charge is 2.25. The lowest BCUT2D eigenvalue weighted by Gasteiger charge is -2.10. The molecule has 0 amide bonds. The van der Waals surface area contributed by atoms with E-state index in [1.54, 1.807) is 6.07 Å². The van der Waals surface area contributed by atoms with E-state index in [2.05, 4.69) is 0 Å². The summed E-state index contributed by atoms with van der Waals surface area (Å²) < 4.78 is 0. The molecule has 0 N–H and O–H groups in total. The van der Waals surface area contributed by atoms with Gasteiger partial charge in [0.25, 0.3) is 5.69 Å². The van der Waals surface area contributed by atoms with Crippen LogP contribution >= 0.6 is 11.6 Å². The molecular formula is C11H10ClNO3. The van der Waals surface area contributed by atoms with E-state index in [0.717, 1.165) is 12.0 Å². The molecule has 1 fully saturated rings. The summed E-state index contributed by atoms with van der Waals surface area (Å²) >= 11 is 5.99. The maximum atomic E-state index is 11.2. The Morgan fingerprint density at radius 3 is 2.69 bits per heavy atom. The quantitative estimate of drug-likeness (QED) is 0.589. The number of rotatable bonds is 2. The van der Waals surface area contributed by atoms with Gasteiger partial charge >= 0.3 is 0 Å². The van der Waals surface area contributed by atoms with Crippen molar-refractivity contribution in [2.45, 2.75) is 25.2 Å². The highest BCUT2D eigenvalue weighted by atomic mass is 35.5. The Hall–Kier alpha value is -1.42. The van der Waals surface area contributed by atoms with Crippen LogP contribution in [0.1, 0.15) is 30.7 Å². The summed E-state index contributed by atoms with van der Waals surface area (Å²) in [6.07, 6.45) is 1.87. The third kappa shape index (κ3) is 2.07. The molecule has 0 unspecified atom stereocenters. The molecule has 1 aromatic carbocycles. The van der Waals surface area contributed by atoms with Crippen molar-refractivity contribution in [2.75, 3.05) is 0 Å². The Labute approximate surface area is 97.4 Å². The molecule has 1 atom stereocenters. The van der Waals surface area contributed by atoms with Crippen molar-refractivity contribution in [1.29, 1.82) is 0 Å². The fourth-order valence-electron chi connectivity index (χ4n) is 2.04. The number of carbonyl (C=O) groups is 1. The minimum Gasteiger partial charge on any atom is -0.300 e. The Bertz CT molecular complexity index is 459. The zero-order valence-electron chi connectivity index (χ0n) is 8.48. The van der Waals surface area contributed by atoms with Gasteiger partial charge in [0.1, 0.15) is 5.78 Å². The van der Waals surface area contributed by atoms with E-state index in [9.17, 15) is 14.9 Å². The van der Waals surface area contributed by atoms with E-state index in [4.69, 9.17) is 11.6 Å². The minimum absolute atomic E-state index is 0.0157. The van der Waals surface area contributed by atoms with Crippen molar-refractivity contribution in [3.05, 3.63) is 38.9 Å². The van der Waals surface area contributed by atoms with Gasteiger partial charge in [0, 0.05) is 25.0 Å². The first-order valence-corrected chi connectivity index (χ1v) is 5.41. The van der Waals surface area contributed by atoms with Crippen molar-refractivity contribution < 1.29 is 9.72 Å². The van der Waals surface area contributed by atoms with Crippen LogP contribution in [0.4, 0.5) is 5.69 Å².